The van der Waals surface area contributed by atoms with E-state index in [0.717, 1.165) is 0 Å². The van der Waals surface area contributed by atoms with Crippen LogP contribution in [0.3, 0.4) is 0 Å². The van der Waals surface area contributed by atoms with Gasteiger partial charge in [0.2, 0.25) is 11.6 Å². The van der Waals surface area contributed by atoms with Gasteiger partial charge in [0.1, 0.15) is 34.7 Å². The zero-order chi connectivity index (χ0) is 45.6. The van der Waals surface area contributed by atoms with Crippen molar-refractivity contribution in [2.24, 2.45) is 23.7 Å². The molecule has 0 saturated carbocycles. The molecule has 2 aromatic rings. The number of anilines is 1. The number of rotatable bonds is 5. The van der Waals surface area contributed by atoms with Crippen molar-refractivity contribution in [3.05, 3.63) is 94.1 Å². The minimum atomic E-state index is -2.08. The Morgan fingerprint density at radius 3 is 2.24 bits per heavy atom. The molecule has 7 bridgehead atoms. The molecule has 15 heteroatoms. The van der Waals surface area contributed by atoms with Crippen LogP contribution in [0.4, 0.5) is 5.69 Å². The van der Waals surface area contributed by atoms with Crippen LogP contribution in [-0.4, -0.2) is 84.5 Å². The van der Waals surface area contributed by atoms with Crippen LogP contribution in [0.2, 0.25) is 0 Å². The van der Waals surface area contributed by atoms with Crippen LogP contribution in [0.5, 0.6) is 17.2 Å². The quantitative estimate of drug-likeness (QED) is 0.264. The maximum Gasteiger partial charge on any atom is 0.312 e. The summed E-state index contributed by atoms with van der Waals surface area (Å²) in [7, 11) is 2.96. The van der Waals surface area contributed by atoms with Gasteiger partial charge in [0, 0.05) is 67.5 Å². The van der Waals surface area contributed by atoms with Gasteiger partial charge in [-0.3, -0.25) is 24.0 Å². The fourth-order valence-corrected chi connectivity index (χ4v) is 8.74. The highest BCUT2D eigenvalue weighted by molar-refractivity contribution is 6.33. The van der Waals surface area contributed by atoms with E-state index in [1.807, 2.05) is 47.6 Å². The number of phenolic OH excluding ortho intramolecular Hbond substituents is 1. The molecule has 0 aromatic heterocycles. The average Bonchev–Trinajstić information content (AvgIpc) is 3.49. The number of hydrogen-bond acceptors (Lipinski definition) is 14. The number of methoxy groups -OCH3 is 2. The number of esters is 1. The van der Waals surface area contributed by atoms with Gasteiger partial charge in [-0.15, -0.1) is 0 Å². The molecular formula is C47H56N2O13. The molecule has 0 radical (unpaired) electrons. The molecule has 0 unspecified atom stereocenters. The summed E-state index contributed by atoms with van der Waals surface area (Å²) in [6.45, 7) is 17.1. The summed E-state index contributed by atoms with van der Waals surface area (Å²) in [6, 6.07) is 6.54. The Morgan fingerprint density at radius 2 is 1.58 bits per heavy atom. The minimum Gasteiger partial charge on any atom is -0.507 e. The number of ketones is 3. The largest absolute Gasteiger partial charge is 0.507 e. The molecule has 4 heterocycles. The van der Waals surface area contributed by atoms with Gasteiger partial charge >= 0.3 is 11.8 Å². The molecule has 15 nitrogen and oxygen atoms in total. The standard InChI is InChI=1S/C47H56N2O13/c1-22-15-13-16-23(2)45(55)49-36-35(48-29-17-14-18-30(21-29)56-11)38(52)32-33(39(36)53)37(51)25(4)43-34(32)44(54)47(10,62-43)58-20-19-31(57-12)24(3)41(59-28(7)50)27(6)42-26(5)40(22)60-46(8,9)61-42/h13-22,24,26-27,31,40-42,48,51H,1-12H3,(H,49,55)/b15-13+,20-19+,23-16-/t22-,24+,26+,27+,31-,40-,41+,42-,47-/m0/s1. The number of nitrogens with one attached hydrogen (secondary N) is 2. The highest BCUT2D eigenvalue weighted by Crippen LogP contribution is 2.49. The van der Waals surface area contributed by atoms with Crippen molar-refractivity contribution in [1.29, 1.82) is 0 Å². The van der Waals surface area contributed by atoms with Gasteiger partial charge in [-0.25, -0.2) is 0 Å². The predicted molar refractivity (Wildman–Crippen MR) is 227 cm³/mol. The molecule has 3 N–H and O–H groups in total. The molecular weight excluding hydrogens is 801 g/mol. The van der Waals surface area contributed by atoms with Gasteiger partial charge in [0.05, 0.1) is 48.4 Å². The molecule has 7 rings (SSSR count). The van der Waals surface area contributed by atoms with Crippen molar-refractivity contribution in [3.8, 4) is 17.2 Å². The van der Waals surface area contributed by atoms with Crippen molar-refractivity contribution in [2.75, 3.05) is 19.5 Å². The zero-order valence-electron chi connectivity index (χ0n) is 37.2. The molecule has 1 saturated heterocycles. The van der Waals surface area contributed by atoms with E-state index >= 15 is 0 Å². The third kappa shape index (κ3) is 8.53. The topological polar surface area (TPSA) is 194 Å². The molecule has 1 fully saturated rings. The molecule has 1 amide bonds. The van der Waals surface area contributed by atoms with Crippen LogP contribution in [0.25, 0.3) is 0 Å². The van der Waals surface area contributed by atoms with Gasteiger partial charge in [-0.2, -0.15) is 0 Å². The first-order chi connectivity index (χ1) is 29.1. The number of hydrogen-bond donors (Lipinski definition) is 3. The summed E-state index contributed by atoms with van der Waals surface area (Å²) in [4.78, 5) is 70.4. The van der Waals surface area contributed by atoms with E-state index in [1.54, 1.807) is 49.4 Å². The van der Waals surface area contributed by atoms with Crippen LogP contribution in [-0.2, 0) is 33.3 Å². The van der Waals surface area contributed by atoms with Gasteiger partial charge in [-0.05, 0) is 45.9 Å². The lowest BCUT2D eigenvalue weighted by molar-refractivity contribution is -0.336. The second kappa shape index (κ2) is 17.5. The van der Waals surface area contributed by atoms with Crippen LogP contribution >= 0.6 is 0 Å². The van der Waals surface area contributed by atoms with Gasteiger partial charge in [-0.1, -0.05) is 52.0 Å². The normalized spacial score (nSPS) is 31.8. The number of phenols is 1. The number of ether oxygens (including phenoxy) is 7. The van der Waals surface area contributed by atoms with E-state index in [-0.39, 0.29) is 52.0 Å². The number of amides is 1. The Morgan fingerprint density at radius 1 is 0.887 bits per heavy atom. The van der Waals surface area contributed by atoms with E-state index in [4.69, 9.17) is 33.2 Å². The first kappa shape index (κ1) is 45.7. The summed E-state index contributed by atoms with van der Waals surface area (Å²) in [5.41, 5.74) is -1.50. The monoisotopic (exact) mass is 856 g/mol. The third-order valence-electron chi connectivity index (χ3n) is 12.1. The van der Waals surface area contributed by atoms with E-state index in [9.17, 15) is 29.1 Å². The number of carbonyl (C=O) groups excluding carboxylic acids is 5. The van der Waals surface area contributed by atoms with Crippen molar-refractivity contribution in [1.82, 2.24) is 5.32 Å². The second-order valence-corrected chi connectivity index (χ2v) is 17.0. The van der Waals surface area contributed by atoms with Gasteiger partial charge < -0.3 is 48.9 Å². The van der Waals surface area contributed by atoms with Crippen LogP contribution in [0, 0.1) is 30.6 Å². The Labute approximate surface area is 361 Å². The molecule has 2 aromatic carbocycles. The van der Waals surface area contributed by atoms with Gasteiger partial charge in [0.15, 0.2) is 5.79 Å². The Balaban J connectivity index is 1.51. The second-order valence-electron chi connectivity index (χ2n) is 17.0. The number of allylic oxidation sites excluding steroid dienone is 4. The number of fused-ring (bicyclic) bond motifs is 10. The summed E-state index contributed by atoms with van der Waals surface area (Å²) < 4.78 is 42.5. The maximum atomic E-state index is 14.8. The average molecular weight is 857 g/mol. The highest BCUT2D eigenvalue weighted by Gasteiger charge is 2.53. The van der Waals surface area contributed by atoms with Crippen LogP contribution in [0.15, 0.2) is 71.8 Å². The lowest BCUT2D eigenvalue weighted by atomic mass is 9.77. The molecule has 332 valence electrons. The molecule has 1 aliphatic carbocycles. The predicted octanol–water partition coefficient (Wildman–Crippen LogP) is 6.88. The Hall–Kier alpha value is -5.77. The van der Waals surface area contributed by atoms with Crippen molar-refractivity contribution >= 4 is 34.9 Å². The number of Topliss-reactive ketones (excluding diaryl/α,β-unsaturated/α-hetero) is 3. The number of carbonyl (C=O) groups is 5. The van der Waals surface area contributed by atoms with E-state index in [1.165, 1.54) is 41.3 Å². The third-order valence-corrected chi connectivity index (χ3v) is 12.1. The van der Waals surface area contributed by atoms with Crippen LogP contribution in [0.1, 0.15) is 99.0 Å². The lowest BCUT2D eigenvalue weighted by Gasteiger charge is -2.50. The zero-order valence-corrected chi connectivity index (χ0v) is 37.2. The summed E-state index contributed by atoms with van der Waals surface area (Å²) >= 11 is 0. The summed E-state index contributed by atoms with van der Waals surface area (Å²) in [5, 5.41) is 17.2. The highest BCUT2D eigenvalue weighted by atomic mass is 16.7. The summed E-state index contributed by atoms with van der Waals surface area (Å²) in [6.07, 6.45) is 5.69. The molecule has 62 heavy (non-hydrogen) atoms. The Bertz CT molecular complexity index is 2310. The summed E-state index contributed by atoms with van der Waals surface area (Å²) in [5.74, 6) is -8.53. The SMILES string of the molecule is COc1cccc(NC2=C3NC(=O)/C(C)=C\C=C\[C@H](C)[C@@H]4OC(C)(C)O[C@H]([C@H](C)[C@H](OC(C)=O)[C@H](C)[C@@H](OC)/C=C/O[C@@]5(C)Oc6c(C)c(O)c(c(c6C5=O)C2=O)C3=O)[C@@H]4C)c1. The minimum absolute atomic E-state index is 0.00397. The fourth-order valence-electron chi connectivity index (χ4n) is 8.74. The van der Waals surface area contributed by atoms with E-state index in [2.05, 4.69) is 10.6 Å². The van der Waals surface area contributed by atoms with E-state index in [0.29, 0.717) is 11.4 Å². The molecule has 9 atom stereocenters. The molecule has 4 aliphatic heterocycles. The number of aromatic hydroxyl groups is 1. The first-order valence-electron chi connectivity index (χ1n) is 20.6. The van der Waals surface area contributed by atoms with Gasteiger partial charge in [0.25, 0.3) is 11.7 Å². The molecule has 0 spiro atoms. The molecule has 5 aliphatic rings. The maximum absolute atomic E-state index is 14.8. The van der Waals surface area contributed by atoms with Crippen LogP contribution < -0.4 is 20.1 Å². The number of benzene rings is 2. The van der Waals surface area contributed by atoms with Crippen molar-refractivity contribution in [3.63, 3.8) is 0 Å². The van der Waals surface area contributed by atoms with Crippen molar-refractivity contribution < 1.29 is 62.2 Å². The fraction of sp³-hybridized carbons (Fsp3) is 0.468. The Kier molecular flexibility index (Phi) is 12.9. The lowest BCUT2D eigenvalue weighted by Crippen LogP contribution is -2.56. The van der Waals surface area contributed by atoms with Crippen molar-refractivity contribution in [2.45, 2.75) is 105 Å². The first-order valence-corrected chi connectivity index (χ1v) is 20.6. The smallest absolute Gasteiger partial charge is 0.312 e. The van der Waals surface area contributed by atoms with E-state index < -0.39 is 87.6 Å².